The summed E-state index contributed by atoms with van der Waals surface area (Å²) in [4.78, 5) is 26.4. The Labute approximate surface area is 173 Å². The van der Waals surface area contributed by atoms with Gasteiger partial charge in [0.1, 0.15) is 5.82 Å². The average molecular weight is 404 g/mol. The first-order valence-corrected chi connectivity index (χ1v) is 11.2. The van der Waals surface area contributed by atoms with E-state index in [2.05, 4.69) is 10.6 Å². The molecule has 1 unspecified atom stereocenters. The fourth-order valence-corrected chi connectivity index (χ4v) is 4.53. The fraction of sp³-hybridized carbons (Fsp3) is 0.652. The molecule has 160 valence electrons. The molecule has 1 saturated carbocycles. The van der Waals surface area contributed by atoms with E-state index in [4.69, 9.17) is 0 Å². The number of carbonyl (C=O) groups is 2. The summed E-state index contributed by atoms with van der Waals surface area (Å²) in [6.45, 7) is 3.31. The molecular weight excluding hydrogens is 369 g/mol. The monoisotopic (exact) mass is 403 g/mol. The summed E-state index contributed by atoms with van der Waals surface area (Å²) in [6, 6.07) is 5.07. The number of nitrogens with one attached hydrogen (secondary N) is 2. The van der Waals surface area contributed by atoms with Gasteiger partial charge in [0.25, 0.3) is 0 Å². The molecule has 2 aliphatic rings. The lowest BCUT2D eigenvalue weighted by molar-refractivity contribution is -0.133. The number of nitrogens with zero attached hydrogens (tertiary/aromatic N) is 1. The van der Waals surface area contributed by atoms with Crippen LogP contribution in [-0.4, -0.2) is 36.0 Å². The van der Waals surface area contributed by atoms with E-state index < -0.39 is 0 Å². The summed E-state index contributed by atoms with van der Waals surface area (Å²) in [5.74, 6) is -0.111. The predicted octanol–water partition coefficient (Wildman–Crippen LogP) is 4.46. The summed E-state index contributed by atoms with van der Waals surface area (Å²) in [7, 11) is 0. The van der Waals surface area contributed by atoms with E-state index in [0.29, 0.717) is 25.6 Å². The van der Waals surface area contributed by atoms with Crippen LogP contribution in [0.25, 0.3) is 0 Å². The van der Waals surface area contributed by atoms with Crippen molar-refractivity contribution in [2.45, 2.75) is 83.2 Å². The van der Waals surface area contributed by atoms with Gasteiger partial charge in [0, 0.05) is 25.6 Å². The van der Waals surface area contributed by atoms with E-state index in [-0.39, 0.29) is 23.8 Å². The van der Waals surface area contributed by atoms with Gasteiger partial charge in [0.2, 0.25) is 5.91 Å². The molecule has 1 atom stereocenters. The van der Waals surface area contributed by atoms with Crippen molar-refractivity contribution in [3.05, 3.63) is 35.1 Å². The molecule has 5 nitrogen and oxygen atoms in total. The molecule has 29 heavy (non-hydrogen) atoms. The van der Waals surface area contributed by atoms with Gasteiger partial charge in [-0.05, 0) is 62.3 Å². The Bertz CT molecular complexity index is 703. The Kier molecular flexibility index (Phi) is 7.90. The van der Waals surface area contributed by atoms with Crippen LogP contribution < -0.4 is 10.6 Å². The second kappa shape index (κ2) is 10.6. The minimum absolute atomic E-state index is 0.0685. The summed E-state index contributed by atoms with van der Waals surface area (Å²) >= 11 is 0. The third kappa shape index (κ3) is 6.18. The molecule has 0 radical (unpaired) electrons. The van der Waals surface area contributed by atoms with Gasteiger partial charge in [-0.15, -0.1) is 0 Å². The normalized spacial score (nSPS) is 19.5. The maximum atomic E-state index is 13.6. The van der Waals surface area contributed by atoms with Crippen LogP contribution in [0.1, 0.15) is 81.9 Å². The number of unbranched alkanes of at least 4 members (excludes halogenated alkanes) is 2. The maximum absolute atomic E-state index is 13.6. The van der Waals surface area contributed by atoms with Crippen molar-refractivity contribution >= 4 is 11.9 Å². The molecule has 1 heterocycles. The zero-order valence-electron chi connectivity index (χ0n) is 17.5. The van der Waals surface area contributed by atoms with E-state index >= 15 is 0 Å². The second-order valence-electron chi connectivity index (χ2n) is 8.40. The van der Waals surface area contributed by atoms with Crippen molar-refractivity contribution in [3.8, 4) is 0 Å². The van der Waals surface area contributed by atoms with Gasteiger partial charge in [-0.2, -0.15) is 0 Å². The Morgan fingerprint density at radius 1 is 1.14 bits per heavy atom. The van der Waals surface area contributed by atoms with Crippen LogP contribution >= 0.6 is 0 Å². The van der Waals surface area contributed by atoms with Crippen molar-refractivity contribution in [2.75, 3.05) is 13.1 Å². The third-order valence-electron chi connectivity index (χ3n) is 6.26. The zero-order valence-corrected chi connectivity index (χ0v) is 17.5. The Hall–Kier alpha value is -2.11. The highest BCUT2D eigenvalue weighted by Crippen LogP contribution is 2.30. The largest absolute Gasteiger partial charge is 0.338 e. The van der Waals surface area contributed by atoms with Crippen LogP contribution in [0.15, 0.2) is 18.2 Å². The molecule has 1 aromatic rings. The number of fused-ring (bicyclic) bond motifs is 1. The Morgan fingerprint density at radius 2 is 1.93 bits per heavy atom. The van der Waals surface area contributed by atoms with Crippen LogP contribution in [0.5, 0.6) is 0 Å². The molecule has 0 spiro atoms. The molecule has 0 aromatic heterocycles. The van der Waals surface area contributed by atoms with Crippen molar-refractivity contribution in [1.29, 1.82) is 0 Å². The van der Waals surface area contributed by atoms with Gasteiger partial charge >= 0.3 is 6.03 Å². The Morgan fingerprint density at radius 3 is 2.72 bits per heavy atom. The van der Waals surface area contributed by atoms with Gasteiger partial charge in [-0.25, -0.2) is 9.18 Å². The summed E-state index contributed by atoms with van der Waals surface area (Å²) < 4.78 is 13.6. The fourth-order valence-electron chi connectivity index (χ4n) is 4.53. The standard InChI is InChI=1S/C23H34FN3O2/c1-17-21-16-19(24)12-11-18(21)13-15-27(17)22(28)10-6-3-7-14-25-23(29)26-20-8-4-2-5-9-20/h11-12,16-17,20H,2-10,13-15H2,1H3,(H2,25,26,29). The Balaban J connectivity index is 1.30. The number of rotatable bonds is 7. The maximum Gasteiger partial charge on any atom is 0.315 e. The summed E-state index contributed by atoms with van der Waals surface area (Å²) in [5, 5.41) is 5.97. The number of hydrogen-bond donors (Lipinski definition) is 2. The van der Waals surface area contributed by atoms with Crippen molar-refractivity contribution in [1.82, 2.24) is 15.5 Å². The van der Waals surface area contributed by atoms with E-state index in [1.807, 2.05) is 17.9 Å². The van der Waals surface area contributed by atoms with E-state index in [1.165, 1.54) is 25.3 Å². The first kappa shape index (κ1) is 21.6. The molecule has 1 aliphatic heterocycles. The van der Waals surface area contributed by atoms with Crippen molar-refractivity contribution < 1.29 is 14.0 Å². The van der Waals surface area contributed by atoms with Crippen LogP contribution in [0.4, 0.5) is 9.18 Å². The molecular formula is C23H34FN3O2. The zero-order chi connectivity index (χ0) is 20.6. The van der Waals surface area contributed by atoms with Gasteiger partial charge < -0.3 is 15.5 Å². The van der Waals surface area contributed by atoms with Crippen LogP contribution in [-0.2, 0) is 11.2 Å². The van der Waals surface area contributed by atoms with Gasteiger partial charge in [-0.3, -0.25) is 4.79 Å². The van der Waals surface area contributed by atoms with Gasteiger partial charge in [0.05, 0.1) is 6.04 Å². The number of carbonyl (C=O) groups excluding carboxylic acids is 2. The predicted molar refractivity (Wildman–Crippen MR) is 112 cm³/mol. The van der Waals surface area contributed by atoms with Gasteiger partial charge in [-0.1, -0.05) is 31.7 Å². The highest BCUT2D eigenvalue weighted by atomic mass is 19.1. The summed E-state index contributed by atoms with van der Waals surface area (Å²) in [6.07, 6.45) is 9.72. The molecule has 2 N–H and O–H groups in total. The van der Waals surface area contributed by atoms with Crippen molar-refractivity contribution in [3.63, 3.8) is 0 Å². The number of hydrogen-bond acceptors (Lipinski definition) is 2. The highest BCUT2D eigenvalue weighted by molar-refractivity contribution is 5.77. The molecule has 1 fully saturated rings. The molecule has 1 aromatic carbocycles. The number of urea groups is 1. The number of benzene rings is 1. The second-order valence-corrected chi connectivity index (χ2v) is 8.40. The highest BCUT2D eigenvalue weighted by Gasteiger charge is 2.27. The molecule has 1 aliphatic carbocycles. The number of halogens is 1. The lowest BCUT2D eigenvalue weighted by Crippen LogP contribution is -2.43. The topological polar surface area (TPSA) is 61.4 Å². The molecule has 3 amide bonds. The summed E-state index contributed by atoms with van der Waals surface area (Å²) in [5.41, 5.74) is 2.07. The molecule has 3 rings (SSSR count). The van der Waals surface area contributed by atoms with Crippen LogP contribution in [0, 0.1) is 5.82 Å². The molecule has 6 heteroatoms. The van der Waals surface area contributed by atoms with Crippen molar-refractivity contribution in [2.24, 2.45) is 0 Å². The van der Waals surface area contributed by atoms with Crippen LogP contribution in [0.3, 0.4) is 0 Å². The average Bonchev–Trinajstić information content (AvgIpc) is 2.72. The third-order valence-corrected chi connectivity index (χ3v) is 6.26. The lowest BCUT2D eigenvalue weighted by atomic mass is 9.93. The SMILES string of the molecule is CC1c2cc(F)ccc2CCN1C(=O)CCCCCNC(=O)NC1CCCCC1. The minimum atomic E-state index is -0.245. The van der Waals surface area contributed by atoms with E-state index in [1.54, 1.807) is 6.07 Å². The quantitative estimate of drug-likeness (QED) is 0.660. The van der Waals surface area contributed by atoms with Gasteiger partial charge in [0.15, 0.2) is 0 Å². The molecule has 0 bridgehead atoms. The lowest BCUT2D eigenvalue weighted by Gasteiger charge is -2.35. The first-order chi connectivity index (χ1) is 14.0. The number of amides is 3. The molecule has 0 saturated heterocycles. The van der Waals surface area contributed by atoms with E-state index in [9.17, 15) is 14.0 Å². The minimum Gasteiger partial charge on any atom is -0.338 e. The van der Waals surface area contributed by atoms with Crippen LogP contribution in [0.2, 0.25) is 0 Å². The smallest absolute Gasteiger partial charge is 0.315 e. The van der Waals surface area contributed by atoms with E-state index in [0.717, 1.165) is 49.7 Å². The first-order valence-electron chi connectivity index (χ1n) is 11.2.